The van der Waals surface area contributed by atoms with E-state index in [0.717, 1.165) is 24.1 Å². The van der Waals surface area contributed by atoms with E-state index in [-0.39, 0.29) is 5.70 Å². The van der Waals surface area contributed by atoms with E-state index >= 15 is 0 Å². The monoisotopic (exact) mass is 470 g/mol. The highest BCUT2D eigenvalue weighted by Gasteiger charge is 2.26. The third-order valence-corrected chi connectivity index (χ3v) is 5.81. The molecule has 1 aliphatic heterocycles. The molecule has 1 aromatic carbocycles. The lowest BCUT2D eigenvalue weighted by Crippen LogP contribution is -2.22. The third-order valence-electron chi connectivity index (χ3n) is 5.81. The molecule has 12 nitrogen and oxygen atoms in total. The quantitative estimate of drug-likeness (QED) is 0.274. The lowest BCUT2D eigenvalue weighted by atomic mass is 10.2. The van der Waals surface area contributed by atoms with Gasteiger partial charge in [0.05, 0.1) is 12.5 Å². The first kappa shape index (κ1) is 20.8. The molecule has 3 aromatic heterocycles. The van der Waals surface area contributed by atoms with Gasteiger partial charge in [-0.15, -0.1) is 0 Å². The van der Waals surface area contributed by atoms with E-state index in [1.165, 1.54) is 0 Å². The Bertz CT molecular complexity index is 1450. The van der Waals surface area contributed by atoms with E-state index in [1.807, 2.05) is 34.8 Å². The topological polar surface area (TPSA) is 134 Å². The maximum atomic E-state index is 12.0. The summed E-state index contributed by atoms with van der Waals surface area (Å²) in [7, 11) is 1.93. The van der Waals surface area contributed by atoms with E-state index in [4.69, 9.17) is 9.97 Å². The number of aromatic nitrogens is 6. The molecule has 176 valence electrons. The molecule has 35 heavy (non-hydrogen) atoms. The molecule has 3 N–H and O–H groups in total. The van der Waals surface area contributed by atoms with Gasteiger partial charge < -0.3 is 20.1 Å². The fourth-order valence-corrected chi connectivity index (χ4v) is 3.83. The van der Waals surface area contributed by atoms with E-state index in [0.29, 0.717) is 35.7 Å². The second-order valence-electron chi connectivity index (χ2n) is 8.56. The number of benzene rings is 1. The maximum absolute atomic E-state index is 12.0. The van der Waals surface area contributed by atoms with Gasteiger partial charge in [-0.2, -0.15) is 19.6 Å². The van der Waals surface area contributed by atoms with Crippen molar-refractivity contribution < 1.29 is 9.59 Å². The van der Waals surface area contributed by atoms with Gasteiger partial charge in [-0.1, -0.05) is 12.1 Å². The molecule has 0 atom stereocenters. The van der Waals surface area contributed by atoms with Gasteiger partial charge >= 0.3 is 6.03 Å². The molecular formula is C23H22N10O2. The Kier molecular flexibility index (Phi) is 4.90. The minimum atomic E-state index is -0.553. The summed E-state index contributed by atoms with van der Waals surface area (Å²) in [4.78, 5) is 39.0. The van der Waals surface area contributed by atoms with Crippen LogP contribution in [0.1, 0.15) is 24.0 Å². The molecule has 3 amide bonds. The molecule has 4 heterocycles. The average molecular weight is 470 g/mol. The van der Waals surface area contributed by atoms with Crippen molar-refractivity contribution in [1.29, 1.82) is 0 Å². The van der Waals surface area contributed by atoms with E-state index < -0.39 is 11.9 Å². The van der Waals surface area contributed by atoms with Crippen LogP contribution in [0.4, 0.5) is 16.7 Å². The summed E-state index contributed by atoms with van der Waals surface area (Å²) >= 11 is 0. The first-order valence-corrected chi connectivity index (χ1v) is 11.2. The second-order valence-corrected chi connectivity index (χ2v) is 8.56. The number of hydrogen-bond acceptors (Lipinski definition) is 8. The summed E-state index contributed by atoms with van der Waals surface area (Å²) in [6.07, 6.45) is 10.7. The number of nitrogens with zero attached hydrogens (tertiary/aromatic N) is 7. The molecule has 2 aliphatic rings. The smallest absolute Gasteiger partial charge is 0.326 e. The van der Waals surface area contributed by atoms with Gasteiger partial charge in [-0.05, 0) is 36.6 Å². The fraction of sp³-hybridized carbons (Fsp3) is 0.217. The van der Waals surface area contributed by atoms with Crippen LogP contribution >= 0.6 is 0 Å². The van der Waals surface area contributed by atoms with Crippen molar-refractivity contribution in [1.82, 2.24) is 39.8 Å². The number of urea groups is 1. The summed E-state index contributed by atoms with van der Waals surface area (Å²) in [5, 5.41) is 12.5. The van der Waals surface area contributed by atoms with Crippen LogP contribution in [0.5, 0.6) is 0 Å². The molecular weight excluding hydrogens is 448 g/mol. The van der Waals surface area contributed by atoms with Gasteiger partial charge in [-0.3, -0.25) is 10.1 Å². The molecule has 4 aromatic rings. The van der Waals surface area contributed by atoms with Gasteiger partial charge in [0.15, 0.2) is 5.65 Å². The van der Waals surface area contributed by atoms with Gasteiger partial charge in [-0.25, -0.2) is 9.78 Å². The number of imide groups is 1. The minimum absolute atomic E-state index is 0.146. The van der Waals surface area contributed by atoms with Crippen LogP contribution in [0, 0.1) is 0 Å². The number of fused-ring (bicyclic) bond motifs is 1. The summed E-state index contributed by atoms with van der Waals surface area (Å²) in [6.45, 7) is 0.590. The van der Waals surface area contributed by atoms with Gasteiger partial charge in [0, 0.05) is 43.3 Å². The molecule has 1 saturated carbocycles. The summed E-state index contributed by atoms with van der Waals surface area (Å²) in [5.41, 5.74) is 3.40. The second kappa shape index (κ2) is 8.24. The summed E-state index contributed by atoms with van der Waals surface area (Å²) in [5.74, 6) is 0.606. The molecule has 0 spiro atoms. The number of hydrogen-bond donors (Lipinski definition) is 3. The van der Waals surface area contributed by atoms with Gasteiger partial charge in [0.1, 0.15) is 5.70 Å². The number of nitrogens with one attached hydrogen (secondary N) is 3. The minimum Gasteiger partial charge on any atom is -0.351 e. The zero-order valence-electron chi connectivity index (χ0n) is 18.8. The Morgan fingerprint density at radius 2 is 2.00 bits per heavy atom. The Balaban J connectivity index is 1.32. The molecule has 1 saturated heterocycles. The Hall–Kier alpha value is -4.74. The lowest BCUT2D eigenvalue weighted by molar-refractivity contribution is -0.115. The molecule has 0 unspecified atom stereocenters. The molecule has 0 bridgehead atoms. The van der Waals surface area contributed by atoms with Crippen molar-refractivity contribution in [3.63, 3.8) is 0 Å². The van der Waals surface area contributed by atoms with Crippen LogP contribution in [-0.2, 0) is 11.3 Å². The highest BCUT2D eigenvalue weighted by molar-refractivity contribution is 6.14. The van der Waals surface area contributed by atoms with Crippen molar-refractivity contribution in [2.24, 2.45) is 0 Å². The zero-order chi connectivity index (χ0) is 23.9. The van der Waals surface area contributed by atoms with Crippen LogP contribution in [-0.4, -0.2) is 54.2 Å². The summed E-state index contributed by atoms with van der Waals surface area (Å²) < 4.78 is 3.57. The van der Waals surface area contributed by atoms with Crippen LogP contribution < -0.4 is 20.9 Å². The van der Waals surface area contributed by atoms with Crippen molar-refractivity contribution in [3.05, 3.63) is 66.0 Å². The van der Waals surface area contributed by atoms with Crippen molar-refractivity contribution in [3.8, 4) is 5.69 Å². The van der Waals surface area contributed by atoms with Crippen molar-refractivity contribution >= 4 is 35.6 Å². The molecule has 1 aliphatic carbocycles. The van der Waals surface area contributed by atoms with Crippen LogP contribution in [0.25, 0.3) is 17.4 Å². The molecule has 0 radical (unpaired) electrons. The standard InChI is InChI=1S/C23H22N10O2/c1-31(12-14-2-6-17(7-3-14)32-9-8-24-13-32)21-28-19-15(10-18-20(34)29-23(35)27-18)11-25-33(19)22(30-21)26-16-4-5-16/h2-3,6-11,13,16H,4-5,12H2,1H3,(H,26,28,30)(H2,27,29,34,35)/b18-10-. The summed E-state index contributed by atoms with van der Waals surface area (Å²) in [6, 6.07) is 8.00. The number of rotatable bonds is 7. The maximum Gasteiger partial charge on any atom is 0.326 e. The number of anilines is 2. The van der Waals surface area contributed by atoms with E-state index in [1.54, 1.807) is 29.3 Å². The number of carbonyl (C=O) groups excluding carboxylic acids is 2. The first-order valence-electron chi connectivity index (χ1n) is 11.2. The molecule has 2 fully saturated rings. The predicted molar refractivity (Wildman–Crippen MR) is 128 cm³/mol. The number of amides is 3. The fourth-order valence-electron chi connectivity index (χ4n) is 3.83. The lowest BCUT2D eigenvalue weighted by Gasteiger charge is -2.19. The zero-order valence-corrected chi connectivity index (χ0v) is 18.8. The highest BCUT2D eigenvalue weighted by Crippen LogP contribution is 2.26. The van der Waals surface area contributed by atoms with E-state index in [9.17, 15) is 9.59 Å². The van der Waals surface area contributed by atoms with Crippen LogP contribution in [0.3, 0.4) is 0 Å². The number of carbonyl (C=O) groups is 2. The average Bonchev–Trinajstić information content (AvgIpc) is 3.20. The third kappa shape index (κ3) is 4.16. The predicted octanol–water partition coefficient (Wildman–Crippen LogP) is 1.70. The number of imidazole rings is 1. The van der Waals surface area contributed by atoms with Crippen molar-refractivity contribution in [2.75, 3.05) is 17.3 Å². The Morgan fingerprint density at radius 3 is 2.69 bits per heavy atom. The molecule has 12 heteroatoms. The molecule has 6 rings (SSSR count). The van der Waals surface area contributed by atoms with Gasteiger partial charge in [0.25, 0.3) is 5.91 Å². The van der Waals surface area contributed by atoms with Gasteiger partial charge in [0.2, 0.25) is 11.9 Å². The largest absolute Gasteiger partial charge is 0.351 e. The highest BCUT2D eigenvalue weighted by atomic mass is 16.2. The van der Waals surface area contributed by atoms with Crippen LogP contribution in [0.15, 0.2) is 54.9 Å². The SMILES string of the molecule is CN(Cc1ccc(-n2ccnc2)cc1)c1nc(NC2CC2)n2ncc(/C=C3\NC(=O)NC3=O)c2n1. The normalized spacial score (nSPS) is 16.5. The van der Waals surface area contributed by atoms with Crippen LogP contribution in [0.2, 0.25) is 0 Å². The van der Waals surface area contributed by atoms with E-state index in [2.05, 4.69) is 38.2 Å². The Morgan fingerprint density at radius 1 is 1.17 bits per heavy atom. The first-order chi connectivity index (χ1) is 17.0. The Labute approximate surface area is 199 Å². The van der Waals surface area contributed by atoms with Crippen molar-refractivity contribution in [2.45, 2.75) is 25.4 Å².